The quantitative estimate of drug-likeness (QED) is 0.842. The summed E-state index contributed by atoms with van der Waals surface area (Å²) < 4.78 is 5.43. The summed E-state index contributed by atoms with van der Waals surface area (Å²) in [6, 6.07) is 8.06. The number of nitrogens with one attached hydrogen (secondary N) is 1. The number of phenols is 1. The molecule has 0 spiro atoms. The lowest BCUT2D eigenvalue weighted by atomic mass is 9.93. The van der Waals surface area contributed by atoms with Crippen LogP contribution in [0.3, 0.4) is 0 Å². The zero-order valence-electron chi connectivity index (χ0n) is 11.1. The molecule has 0 bridgehead atoms. The molecule has 1 fully saturated rings. The molecule has 100 valence electrons. The van der Waals surface area contributed by atoms with Crippen LogP contribution in [0, 0.1) is 0 Å². The number of hydrogen-bond acceptors (Lipinski definition) is 3. The highest BCUT2D eigenvalue weighted by Gasteiger charge is 2.20. The third-order valence-electron chi connectivity index (χ3n) is 3.74. The van der Waals surface area contributed by atoms with Gasteiger partial charge in [0.05, 0.1) is 6.10 Å². The van der Waals surface area contributed by atoms with Gasteiger partial charge in [-0.1, -0.05) is 12.1 Å². The molecule has 2 rings (SSSR count). The van der Waals surface area contributed by atoms with Crippen LogP contribution in [0.4, 0.5) is 0 Å². The second kappa shape index (κ2) is 6.76. The van der Waals surface area contributed by atoms with Crippen molar-refractivity contribution in [2.45, 2.75) is 44.2 Å². The predicted octanol–water partition coefficient (Wildman–Crippen LogP) is 2.48. The lowest BCUT2D eigenvalue weighted by Gasteiger charge is -2.29. The highest BCUT2D eigenvalue weighted by molar-refractivity contribution is 5.25. The molecule has 1 aromatic carbocycles. The number of aromatic hydroxyl groups is 1. The molecule has 2 atom stereocenters. The van der Waals surface area contributed by atoms with Crippen LogP contribution in [-0.2, 0) is 11.2 Å². The smallest absolute Gasteiger partial charge is 0.115 e. The maximum atomic E-state index is 9.21. The summed E-state index contributed by atoms with van der Waals surface area (Å²) in [5.74, 6) is 0.335. The third kappa shape index (κ3) is 4.00. The first-order valence-electron chi connectivity index (χ1n) is 6.82. The van der Waals surface area contributed by atoms with Crippen molar-refractivity contribution >= 4 is 0 Å². The Kier molecular flexibility index (Phi) is 5.02. The average Bonchev–Trinajstić information content (AvgIpc) is 2.41. The Hall–Kier alpha value is -1.06. The SMILES string of the molecule is COC1CCCC(NCCc2ccc(O)cc2)C1. The minimum atomic E-state index is 0.335. The van der Waals surface area contributed by atoms with Crippen molar-refractivity contribution in [3.63, 3.8) is 0 Å². The van der Waals surface area contributed by atoms with Gasteiger partial charge in [0.25, 0.3) is 0 Å². The van der Waals surface area contributed by atoms with Gasteiger partial charge in [-0.2, -0.15) is 0 Å². The van der Waals surface area contributed by atoms with Crippen LogP contribution in [0.15, 0.2) is 24.3 Å². The van der Waals surface area contributed by atoms with E-state index in [2.05, 4.69) is 5.32 Å². The van der Waals surface area contributed by atoms with Gasteiger partial charge in [0.1, 0.15) is 5.75 Å². The highest BCUT2D eigenvalue weighted by Crippen LogP contribution is 2.20. The monoisotopic (exact) mass is 249 g/mol. The number of rotatable bonds is 5. The van der Waals surface area contributed by atoms with Gasteiger partial charge in [-0.3, -0.25) is 0 Å². The summed E-state index contributed by atoms with van der Waals surface area (Å²) in [7, 11) is 1.81. The maximum Gasteiger partial charge on any atom is 0.115 e. The van der Waals surface area contributed by atoms with E-state index in [0.717, 1.165) is 19.4 Å². The third-order valence-corrected chi connectivity index (χ3v) is 3.74. The van der Waals surface area contributed by atoms with E-state index in [9.17, 15) is 5.11 Å². The molecule has 2 N–H and O–H groups in total. The van der Waals surface area contributed by atoms with Crippen molar-refractivity contribution in [3.05, 3.63) is 29.8 Å². The van der Waals surface area contributed by atoms with Gasteiger partial charge in [-0.05, 0) is 56.3 Å². The Bertz CT molecular complexity index is 350. The van der Waals surface area contributed by atoms with Gasteiger partial charge in [0, 0.05) is 13.2 Å². The number of hydrogen-bond donors (Lipinski definition) is 2. The van der Waals surface area contributed by atoms with Gasteiger partial charge < -0.3 is 15.2 Å². The molecule has 0 saturated heterocycles. The Morgan fingerprint density at radius 2 is 2.06 bits per heavy atom. The fourth-order valence-electron chi connectivity index (χ4n) is 2.63. The number of phenolic OH excluding ortho intramolecular Hbond substituents is 1. The van der Waals surface area contributed by atoms with Crippen molar-refractivity contribution in [3.8, 4) is 5.75 Å². The fourth-order valence-corrected chi connectivity index (χ4v) is 2.63. The number of ether oxygens (including phenoxy) is 1. The normalized spacial score (nSPS) is 24.1. The first-order valence-corrected chi connectivity index (χ1v) is 6.82. The van der Waals surface area contributed by atoms with Crippen molar-refractivity contribution < 1.29 is 9.84 Å². The Morgan fingerprint density at radius 3 is 2.78 bits per heavy atom. The lowest BCUT2D eigenvalue weighted by molar-refractivity contribution is 0.0590. The van der Waals surface area contributed by atoms with E-state index < -0.39 is 0 Å². The average molecular weight is 249 g/mol. The molecule has 1 saturated carbocycles. The molecule has 0 heterocycles. The van der Waals surface area contributed by atoms with E-state index >= 15 is 0 Å². The van der Waals surface area contributed by atoms with Crippen LogP contribution in [0.5, 0.6) is 5.75 Å². The van der Waals surface area contributed by atoms with Crippen molar-refractivity contribution in [2.75, 3.05) is 13.7 Å². The Balaban J connectivity index is 1.70. The number of benzene rings is 1. The topological polar surface area (TPSA) is 41.5 Å². The first-order chi connectivity index (χ1) is 8.78. The second-order valence-electron chi connectivity index (χ2n) is 5.09. The minimum absolute atomic E-state index is 0.335. The summed E-state index contributed by atoms with van der Waals surface area (Å²) in [4.78, 5) is 0. The zero-order chi connectivity index (χ0) is 12.8. The minimum Gasteiger partial charge on any atom is -0.508 e. The molecule has 2 unspecified atom stereocenters. The number of methoxy groups -OCH3 is 1. The van der Waals surface area contributed by atoms with Crippen LogP contribution in [0.2, 0.25) is 0 Å². The van der Waals surface area contributed by atoms with E-state index in [1.807, 2.05) is 19.2 Å². The summed E-state index contributed by atoms with van der Waals surface area (Å²) in [6.45, 7) is 0.992. The molecular weight excluding hydrogens is 226 g/mol. The van der Waals surface area contributed by atoms with Gasteiger partial charge in [-0.15, -0.1) is 0 Å². The molecular formula is C15H23NO2. The Morgan fingerprint density at radius 1 is 1.28 bits per heavy atom. The summed E-state index contributed by atoms with van der Waals surface area (Å²) in [5, 5.41) is 12.8. The van der Waals surface area contributed by atoms with Crippen molar-refractivity contribution in [2.24, 2.45) is 0 Å². The molecule has 1 aliphatic carbocycles. The van der Waals surface area contributed by atoms with E-state index in [1.165, 1.54) is 24.8 Å². The lowest BCUT2D eigenvalue weighted by Crippen LogP contribution is -2.37. The summed E-state index contributed by atoms with van der Waals surface area (Å²) in [6.07, 6.45) is 6.29. The molecule has 0 amide bonds. The largest absolute Gasteiger partial charge is 0.508 e. The second-order valence-corrected chi connectivity index (χ2v) is 5.09. The molecule has 3 nitrogen and oxygen atoms in total. The van der Waals surface area contributed by atoms with Crippen LogP contribution in [0.1, 0.15) is 31.2 Å². The molecule has 1 aliphatic rings. The fraction of sp³-hybridized carbons (Fsp3) is 0.600. The molecule has 1 aromatic rings. The van der Waals surface area contributed by atoms with Gasteiger partial charge >= 0.3 is 0 Å². The van der Waals surface area contributed by atoms with Crippen LogP contribution in [0.25, 0.3) is 0 Å². The molecule has 18 heavy (non-hydrogen) atoms. The summed E-state index contributed by atoms with van der Waals surface area (Å²) >= 11 is 0. The first kappa shape index (κ1) is 13.4. The van der Waals surface area contributed by atoms with E-state index in [4.69, 9.17) is 4.74 Å². The maximum absolute atomic E-state index is 9.21. The standard InChI is InChI=1S/C15H23NO2/c1-18-15-4-2-3-13(11-15)16-10-9-12-5-7-14(17)8-6-12/h5-8,13,15-17H,2-4,9-11H2,1H3. The van der Waals surface area contributed by atoms with Gasteiger partial charge in [0.2, 0.25) is 0 Å². The summed E-state index contributed by atoms with van der Waals surface area (Å²) in [5.41, 5.74) is 1.26. The van der Waals surface area contributed by atoms with Crippen LogP contribution >= 0.6 is 0 Å². The van der Waals surface area contributed by atoms with Gasteiger partial charge in [0.15, 0.2) is 0 Å². The van der Waals surface area contributed by atoms with Crippen LogP contribution in [-0.4, -0.2) is 30.9 Å². The van der Waals surface area contributed by atoms with E-state index in [1.54, 1.807) is 12.1 Å². The van der Waals surface area contributed by atoms with Crippen molar-refractivity contribution in [1.82, 2.24) is 5.32 Å². The molecule has 3 heteroatoms. The predicted molar refractivity (Wildman–Crippen MR) is 72.9 cm³/mol. The van der Waals surface area contributed by atoms with E-state index in [-0.39, 0.29) is 0 Å². The molecule has 0 aliphatic heterocycles. The zero-order valence-corrected chi connectivity index (χ0v) is 11.1. The molecule has 0 aromatic heterocycles. The Labute approximate surface area is 109 Å². The van der Waals surface area contributed by atoms with Gasteiger partial charge in [-0.25, -0.2) is 0 Å². The highest BCUT2D eigenvalue weighted by atomic mass is 16.5. The molecule has 0 radical (unpaired) electrons. The van der Waals surface area contributed by atoms with E-state index in [0.29, 0.717) is 17.9 Å². The van der Waals surface area contributed by atoms with Crippen molar-refractivity contribution in [1.29, 1.82) is 0 Å². The van der Waals surface area contributed by atoms with Crippen LogP contribution < -0.4 is 5.32 Å².